The van der Waals surface area contributed by atoms with Gasteiger partial charge in [-0.1, -0.05) is 20.8 Å². The molecule has 0 rings (SSSR count). The fourth-order valence-electron chi connectivity index (χ4n) is 0.607. The summed E-state index contributed by atoms with van der Waals surface area (Å²) in [5.41, 5.74) is -0.773. The molecule has 3 heteroatoms. The molecule has 0 fully saturated rings. The van der Waals surface area contributed by atoms with E-state index in [-0.39, 0.29) is 11.8 Å². The van der Waals surface area contributed by atoms with Gasteiger partial charge in [0.05, 0.1) is 5.60 Å². The zero-order valence-electron chi connectivity index (χ0n) is 8.35. The van der Waals surface area contributed by atoms with Gasteiger partial charge in [-0.2, -0.15) is 0 Å². The predicted molar refractivity (Wildman–Crippen MR) is 48.8 cm³/mol. The number of hydrogen-bond acceptors (Lipinski definition) is 2. The lowest BCUT2D eigenvalue weighted by Gasteiger charge is -2.22. The molecule has 0 heterocycles. The summed E-state index contributed by atoms with van der Waals surface area (Å²) in [6.45, 7) is 7.60. The van der Waals surface area contributed by atoms with Crippen LogP contribution in [-0.4, -0.2) is 23.2 Å². The predicted octanol–water partition coefficient (Wildman–Crippen LogP) is 0.920. The van der Waals surface area contributed by atoms with Gasteiger partial charge in [-0.15, -0.1) is 0 Å². The molecular weight excluding hydrogens is 154 g/mol. The molecule has 1 atom stereocenters. The lowest BCUT2D eigenvalue weighted by atomic mass is 10.0. The minimum absolute atomic E-state index is 0.0104. The number of aliphatic hydroxyl groups is 1. The Morgan fingerprint density at radius 3 is 2.42 bits per heavy atom. The second-order valence-corrected chi connectivity index (χ2v) is 3.72. The van der Waals surface area contributed by atoms with Crippen LogP contribution in [0.15, 0.2) is 0 Å². The summed E-state index contributed by atoms with van der Waals surface area (Å²) in [7, 11) is 0. The largest absolute Gasteiger partial charge is 0.388 e. The third kappa shape index (κ3) is 4.34. The number of amides is 1. The summed E-state index contributed by atoms with van der Waals surface area (Å²) in [6, 6.07) is 0. The summed E-state index contributed by atoms with van der Waals surface area (Å²) in [4.78, 5) is 11.1. The summed E-state index contributed by atoms with van der Waals surface area (Å²) in [6.07, 6.45) is 0.644. The first-order valence-electron chi connectivity index (χ1n) is 4.39. The van der Waals surface area contributed by atoms with E-state index in [0.717, 1.165) is 0 Å². The van der Waals surface area contributed by atoms with Gasteiger partial charge in [-0.25, -0.2) is 0 Å². The molecule has 72 valence electrons. The molecule has 0 aliphatic heterocycles. The van der Waals surface area contributed by atoms with Gasteiger partial charge in [0.1, 0.15) is 0 Å². The lowest BCUT2D eigenvalue weighted by molar-refractivity contribution is -0.125. The highest BCUT2D eigenvalue weighted by Crippen LogP contribution is 2.06. The molecule has 0 bridgehead atoms. The SMILES string of the molecule is CCC(C)(O)CNC(=O)C(C)C. The van der Waals surface area contributed by atoms with Crippen molar-refractivity contribution in [2.75, 3.05) is 6.54 Å². The summed E-state index contributed by atoms with van der Waals surface area (Å²) in [5.74, 6) is -0.0265. The zero-order valence-corrected chi connectivity index (χ0v) is 8.35. The molecule has 0 spiro atoms. The summed E-state index contributed by atoms with van der Waals surface area (Å²) >= 11 is 0. The van der Waals surface area contributed by atoms with E-state index in [2.05, 4.69) is 5.32 Å². The van der Waals surface area contributed by atoms with Crippen molar-refractivity contribution in [3.63, 3.8) is 0 Å². The van der Waals surface area contributed by atoms with Crippen LogP contribution in [0, 0.1) is 5.92 Å². The monoisotopic (exact) mass is 173 g/mol. The Labute approximate surface area is 74.2 Å². The van der Waals surface area contributed by atoms with Crippen molar-refractivity contribution >= 4 is 5.91 Å². The van der Waals surface area contributed by atoms with Gasteiger partial charge in [0, 0.05) is 12.5 Å². The fraction of sp³-hybridized carbons (Fsp3) is 0.889. The van der Waals surface area contributed by atoms with E-state index in [9.17, 15) is 9.90 Å². The number of carbonyl (C=O) groups excluding carboxylic acids is 1. The van der Waals surface area contributed by atoms with Crippen LogP contribution in [0.1, 0.15) is 34.1 Å². The van der Waals surface area contributed by atoms with E-state index >= 15 is 0 Å². The molecule has 3 nitrogen and oxygen atoms in total. The maximum Gasteiger partial charge on any atom is 0.222 e. The molecular formula is C9H19NO2. The molecule has 12 heavy (non-hydrogen) atoms. The number of rotatable bonds is 4. The third-order valence-corrected chi connectivity index (χ3v) is 1.93. The first kappa shape index (κ1) is 11.4. The Bertz CT molecular complexity index is 153. The summed E-state index contributed by atoms with van der Waals surface area (Å²) in [5, 5.41) is 12.2. The van der Waals surface area contributed by atoms with Crippen LogP contribution in [0.5, 0.6) is 0 Å². The third-order valence-electron chi connectivity index (χ3n) is 1.93. The van der Waals surface area contributed by atoms with Gasteiger partial charge in [-0.05, 0) is 13.3 Å². The van der Waals surface area contributed by atoms with E-state index in [1.807, 2.05) is 20.8 Å². The van der Waals surface area contributed by atoms with Crippen LogP contribution in [0.4, 0.5) is 0 Å². The fourth-order valence-corrected chi connectivity index (χ4v) is 0.607. The van der Waals surface area contributed by atoms with Crippen molar-refractivity contribution in [1.29, 1.82) is 0 Å². The van der Waals surface area contributed by atoms with E-state index in [1.165, 1.54) is 0 Å². The van der Waals surface area contributed by atoms with Gasteiger partial charge < -0.3 is 10.4 Å². The number of carbonyl (C=O) groups is 1. The van der Waals surface area contributed by atoms with Crippen LogP contribution in [0.3, 0.4) is 0 Å². The molecule has 1 unspecified atom stereocenters. The molecule has 0 aliphatic rings. The minimum Gasteiger partial charge on any atom is -0.388 e. The molecule has 0 aromatic rings. The van der Waals surface area contributed by atoms with Crippen molar-refractivity contribution < 1.29 is 9.90 Å². The first-order valence-corrected chi connectivity index (χ1v) is 4.39. The van der Waals surface area contributed by atoms with E-state index in [0.29, 0.717) is 13.0 Å². The second-order valence-electron chi connectivity index (χ2n) is 3.72. The van der Waals surface area contributed by atoms with Crippen molar-refractivity contribution in [3.05, 3.63) is 0 Å². The van der Waals surface area contributed by atoms with Crippen molar-refractivity contribution in [1.82, 2.24) is 5.32 Å². The highest BCUT2D eigenvalue weighted by Gasteiger charge is 2.18. The Balaban J connectivity index is 3.76. The van der Waals surface area contributed by atoms with Gasteiger partial charge >= 0.3 is 0 Å². The molecule has 0 aliphatic carbocycles. The number of hydrogen-bond donors (Lipinski definition) is 2. The van der Waals surface area contributed by atoms with Crippen LogP contribution in [0.2, 0.25) is 0 Å². The second kappa shape index (κ2) is 4.45. The Hall–Kier alpha value is -0.570. The standard InChI is InChI=1S/C9H19NO2/c1-5-9(4,12)6-10-8(11)7(2)3/h7,12H,5-6H2,1-4H3,(H,10,11). The molecule has 2 N–H and O–H groups in total. The van der Waals surface area contributed by atoms with E-state index in [4.69, 9.17) is 0 Å². The number of nitrogens with one attached hydrogen (secondary N) is 1. The van der Waals surface area contributed by atoms with Gasteiger partial charge in [0.25, 0.3) is 0 Å². The quantitative estimate of drug-likeness (QED) is 0.664. The van der Waals surface area contributed by atoms with Crippen LogP contribution in [-0.2, 0) is 4.79 Å². The zero-order chi connectivity index (χ0) is 9.78. The van der Waals surface area contributed by atoms with Crippen molar-refractivity contribution in [2.45, 2.75) is 39.7 Å². The maximum absolute atomic E-state index is 11.1. The first-order chi connectivity index (χ1) is 5.39. The highest BCUT2D eigenvalue weighted by atomic mass is 16.3. The highest BCUT2D eigenvalue weighted by molar-refractivity contribution is 5.77. The summed E-state index contributed by atoms with van der Waals surface area (Å²) < 4.78 is 0. The van der Waals surface area contributed by atoms with Gasteiger partial charge in [0.2, 0.25) is 5.91 Å². The minimum atomic E-state index is -0.773. The molecule has 0 radical (unpaired) electrons. The molecule has 0 saturated carbocycles. The van der Waals surface area contributed by atoms with Crippen molar-refractivity contribution in [2.24, 2.45) is 5.92 Å². The van der Waals surface area contributed by atoms with Gasteiger partial charge in [-0.3, -0.25) is 4.79 Å². The Kier molecular flexibility index (Phi) is 4.24. The topological polar surface area (TPSA) is 49.3 Å². The van der Waals surface area contributed by atoms with Crippen molar-refractivity contribution in [3.8, 4) is 0 Å². The smallest absolute Gasteiger partial charge is 0.222 e. The van der Waals surface area contributed by atoms with E-state index in [1.54, 1.807) is 6.92 Å². The van der Waals surface area contributed by atoms with Crippen LogP contribution < -0.4 is 5.32 Å². The molecule has 1 amide bonds. The molecule has 0 aromatic heterocycles. The van der Waals surface area contributed by atoms with Gasteiger partial charge in [0.15, 0.2) is 0 Å². The average molecular weight is 173 g/mol. The Morgan fingerprint density at radius 2 is 2.08 bits per heavy atom. The molecule has 0 saturated heterocycles. The molecule has 0 aromatic carbocycles. The lowest BCUT2D eigenvalue weighted by Crippen LogP contribution is -2.41. The maximum atomic E-state index is 11.1. The van der Waals surface area contributed by atoms with E-state index < -0.39 is 5.60 Å². The van der Waals surface area contributed by atoms with Crippen LogP contribution >= 0.6 is 0 Å². The Morgan fingerprint density at radius 1 is 1.58 bits per heavy atom. The van der Waals surface area contributed by atoms with Crippen LogP contribution in [0.25, 0.3) is 0 Å². The average Bonchev–Trinajstić information content (AvgIpc) is 2.00. The normalized spacial score (nSPS) is 15.8.